The molecule has 6 aliphatic rings. The molecule has 2 atom stereocenters. The number of fused-ring (bicyclic) bond motifs is 1. The van der Waals surface area contributed by atoms with Crippen LogP contribution in [0.25, 0.3) is 0 Å². The Hall–Kier alpha value is -2.82. The Balaban J connectivity index is 1.05. The maximum Gasteiger partial charge on any atom is 0.322 e. The normalized spacial score (nSPS) is 31.8. The number of benzene rings is 2. The van der Waals surface area contributed by atoms with Crippen molar-refractivity contribution in [2.75, 3.05) is 60.2 Å². The van der Waals surface area contributed by atoms with Crippen LogP contribution in [0.1, 0.15) is 32.1 Å². The van der Waals surface area contributed by atoms with E-state index in [-0.39, 0.29) is 17.6 Å². The van der Waals surface area contributed by atoms with E-state index in [0.29, 0.717) is 51.1 Å². The average Bonchev–Trinajstić information content (AvgIpc) is 2.93. The molecule has 2 aromatic carbocycles. The summed E-state index contributed by atoms with van der Waals surface area (Å²) < 4.78 is 25.3. The van der Waals surface area contributed by atoms with Crippen LogP contribution in [-0.2, 0) is 10.0 Å². The van der Waals surface area contributed by atoms with Gasteiger partial charge < -0.3 is 20.9 Å². The minimum absolute atomic E-state index is 0.00396. The molecule has 2 aliphatic heterocycles. The maximum atomic E-state index is 13.7. The van der Waals surface area contributed by atoms with Gasteiger partial charge in [0, 0.05) is 62.2 Å². The lowest BCUT2D eigenvalue weighted by molar-refractivity contribution is -0.0257. The lowest BCUT2D eigenvalue weighted by Crippen LogP contribution is -2.65. The summed E-state index contributed by atoms with van der Waals surface area (Å²) in [5, 5.41) is 3.47. The molecule has 0 radical (unpaired) electrons. The number of urea groups is 1. The highest BCUT2D eigenvalue weighted by Crippen LogP contribution is 2.54. The van der Waals surface area contributed by atoms with Crippen molar-refractivity contribution in [3.8, 4) is 0 Å². The fourth-order valence-corrected chi connectivity index (χ4v) is 9.33. The Bertz CT molecular complexity index is 1370. The second-order valence-corrected chi connectivity index (χ2v) is 14.7. The van der Waals surface area contributed by atoms with Crippen molar-refractivity contribution < 1.29 is 13.2 Å². The zero-order valence-corrected chi connectivity index (χ0v) is 24.0. The topological polar surface area (TPSA) is 102 Å². The van der Waals surface area contributed by atoms with Crippen LogP contribution in [0.5, 0.6) is 0 Å². The average molecular weight is 565 g/mol. The van der Waals surface area contributed by atoms with Crippen molar-refractivity contribution >= 4 is 38.8 Å². The van der Waals surface area contributed by atoms with Gasteiger partial charge in [0.2, 0.25) is 10.0 Å². The first kappa shape index (κ1) is 26.1. The van der Waals surface area contributed by atoms with Crippen molar-refractivity contribution in [1.82, 2.24) is 9.62 Å². The summed E-state index contributed by atoms with van der Waals surface area (Å²) in [4.78, 5) is 20.1. The zero-order valence-electron chi connectivity index (χ0n) is 23.2. The lowest BCUT2D eigenvalue weighted by atomic mass is 9.51. The van der Waals surface area contributed by atoms with Crippen LogP contribution in [0.15, 0.2) is 48.5 Å². The number of rotatable bonds is 4. The van der Waals surface area contributed by atoms with E-state index in [1.165, 1.54) is 19.1 Å². The van der Waals surface area contributed by atoms with Crippen molar-refractivity contribution in [3.63, 3.8) is 0 Å². The summed E-state index contributed by atoms with van der Waals surface area (Å²) in [6.07, 6.45) is 6.92. The summed E-state index contributed by atoms with van der Waals surface area (Å²) >= 11 is 0. The number of para-hydroxylation sites is 2. The van der Waals surface area contributed by atoms with E-state index in [1.54, 1.807) is 4.31 Å². The molecule has 3 N–H and O–H groups in total. The van der Waals surface area contributed by atoms with Crippen LogP contribution in [0, 0.1) is 17.8 Å². The van der Waals surface area contributed by atoms with Crippen molar-refractivity contribution in [2.45, 2.75) is 43.7 Å². The van der Waals surface area contributed by atoms with Crippen LogP contribution in [0.2, 0.25) is 0 Å². The fourth-order valence-electron chi connectivity index (χ4n) is 8.51. The van der Waals surface area contributed by atoms with Crippen LogP contribution in [-0.4, -0.2) is 75.9 Å². The third kappa shape index (κ3) is 4.63. The Morgan fingerprint density at radius 3 is 2.10 bits per heavy atom. The first-order valence-electron chi connectivity index (χ1n) is 14.7. The molecule has 2 unspecified atom stereocenters. The number of piperazine rings is 1. The van der Waals surface area contributed by atoms with E-state index in [9.17, 15) is 13.2 Å². The number of carbonyl (C=O) groups is 1. The SMILES string of the molecule is CS(=O)(=O)N1CCN(c2ccc(N3CCN(C(=O)NC4C5CC6CC4CC(N)(C6)C5)c4ccccc43)cc2)CC1. The molecule has 40 heavy (non-hydrogen) atoms. The second kappa shape index (κ2) is 9.63. The second-order valence-electron chi connectivity index (χ2n) is 12.8. The van der Waals surface area contributed by atoms with E-state index in [4.69, 9.17) is 5.73 Å². The van der Waals surface area contributed by atoms with Gasteiger partial charge in [0.25, 0.3) is 0 Å². The Morgan fingerprint density at radius 2 is 1.48 bits per heavy atom. The molecule has 4 saturated carbocycles. The van der Waals surface area contributed by atoms with Gasteiger partial charge in [-0.1, -0.05) is 12.1 Å². The van der Waals surface area contributed by atoms with E-state index in [2.05, 4.69) is 45.4 Å². The number of carbonyl (C=O) groups excluding carboxylic acids is 1. The maximum absolute atomic E-state index is 13.7. The van der Waals surface area contributed by atoms with Gasteiger partial charge in [0.05, 0.1) is 17.6 Å². The van der Waals surface area contributed by atoms with Gasteiger partial charge >= 0.3 is 6.03 Å². The molecule has 9 nitrogen and oxygen atoms in total. The highest BCUT2D eigenvalue weighted by atomic mass is 32.2. The van der Waals surface area contributed by atoms with Crippen molar-refractivity contribution in [3.05, 3.63) is 48.5 Å². The van der Waals surface area contributed by atoms with E-state index in [0.717, 1.165) is 47.9 Å². The number of anilines is 4. The molecule has 10 heteroatoms. The predicted octanol–water partition coefficient (Wildman–Crippen LogP) is 3.34. The molecule has 8 rings (SSSR count). The smallest absolute Gasteiger partial charge is 0.322 e. The van der Waals surface area contributed by atoms with Gasteiger partial charge in [0.15, 0.2) is 0 Å². The summed E-state index contributed by atoms with van der Waals surface area (Å²) in [6, 6.07) is 16.9. The first-order chi connectivity index (χ1) is 19.2. The number of hydrogen-bond donors (Lipinski definition) is 2. The molecular weight excluding hydrogens is 524 g/mol. The monoisotopic (exact) mass is 564 g/mol. The third-order valence-corrected chi connectivity index (χ3v) is 11.4. The summed E-state index contributed by atoms with van der Waals surface area (Å²) in [5.74, 6) is 1.75. The molecule has 4 bridgehead atoms. The molecule has 5 fully saturated rings. The Kier molecular flexibility index (Phi) is 6.29. The number of amides is 2. The number of nitrogens with one attached hydrogen (secondary N) is 1. The van der Waals surface area contributed by atoms with Gasteiger partial charge in [-0.25, -0.2) is 13.2 Å². The number of nitrogens with zero attached hydrogens (tertiary/aromatic N) is 4. The first-order valence-corrected chi connectivity index (χ1v) is 16.6. The number of sulfonamides is 1. The molecule has 2 aromatic rings. The van der Waals surface area contributed by atoms with Gasteiger partial charge in [-0.15, -0.1) is 0 Å². The molecule has 2 amide bonds. The lowest BCUT2D eigenvalue weighted by Gasteiger charge is -2.59. The number of nitrogens with two attached hydrogens (primary N) is 1. The highest BCUT2D eigenvalue weighted by molar-refractivity contribution is 7.88. The standard InChI is InChI=1S/C30H40N6O3S/c1-40(38,39)34-12-10-33(11-13-34)24-6-8-25(9-7-24)35-14-15-36(27-5-3-2-4-26(27)35)29(37)32-28-22-16-21-17-23(28)20-30(31,18-21)19-22/h2-9,21-23,28H,10-20,31H2,1H3,(H,32,37). The molecule has 0 aromatic heterocycles. The van der Waals surface area contributed by atoms with E-state index in [1.807, 2.05) is 23.1 Å². The molecule has 0 spiro atoms. The van der Waals surface area contributed by atoms with Gasteiger partial charge in [-0.2, -0.15) is 4.31 Å². The highest BCUT2D eigenvalue weighted by Gasteiger charge is 2.54. The van der Waals surface area contributed by atoms with E-state index < -0.39 is 10.0 Å². The Morgan fingerprint density at radius 1 is 0.850 bits per heavy atom. The van der Waals surface area contributed by atoms with Gasteiger partial charge in [0.1, 0.15) is 0 Å². The van der Waals surface area contributed by atoms with Crippen LogP contribution >= 0.6 is 0 Å². The molecule has 2 heterocycles. The molecule has 4 aliphatic carbocycles. The Labute approximate surface area is 237 Å². The molecule has 214 valence electrons. The van der Waals surface area contributed by atoms with Gasteiger partial charge in [-0.3, -0.25) is 4.90 Å². The predicted molar refractivity (Wildman–Crippen MR) is 159 cm³/mol. The fraction of sp³-hybridized carbons (Fsp3) is 0.567. The minimum atomic E-state index is -3.14. The summed E-state index contributed by atoms with van der Waals surface area (Å²) in [5.41, 5.74) is 10.9. The summed E-state index contributed by atoms with van der Waals surface area (Å²) in [6.45, 7) is 3.70. The van der Waals surface area contributed by atoms with E-state index >= 15 is 0 Å². The largest absolute Gasteiger partial charge is 0.369 e. The quantitative estimate of drug-likeness (QED) is 0.591. The number of hydrogen-bond acceptors (Lipinski definition) is 6. The zero-order chi connectivity index (χ0) is 27.6. The van der Waals surface area contributed by atoms with Gasteiger partial charge in [-0.05, 0) is 86.3 Å². The van der Waals surface area contributed by atoms with Crippen molar-refractivity contribution in [1.29, 1.82) is 0 Å². The molecule has 1 saturated heterocycles. The third-order valence-electron chi connectivity index (χ3n) is 10.1. The minimum Gasteiger partial charge on any atom is -0.369 e. The van der Waals surface area contributed by atoms with Crippen LogP contribution in [0.3, 0.4) is 0 Å². The summed E-state index contributed by atoms with van der Waals surface area (Å²) in [7, 11) is -3.14. The van der Waals surface area contributed by atoms with Crippen molar-refractivity contribution in [2.24, 2.45) is 23.5 Å². The van der Waals surface area contributed by atoms with Crippen LogP contribution < -0.4 is 25.8 Å². The molecular formula is C30H40N6O3S. The van der Waals surface area contributed by atoms with Crippen LogP contribution in [0.4, 0.5) is 27.5 Å².